The van der Waals surface area contributed by atoms with Crippen LogP contribution < -0.4 is 10.6 Å². The maximum atomic E-state index is 10.3. The molecular formula is C22H34N4O. The van der Waals surface area contributed by atoms with Gasteiger partial charge in [-0.2, -0.15) is 4.98 Å². The van der Waals surface area contributed by atoms with Crippen molar-refractivity contribution in [2.45, 2.75) is 53.4 Å². The first-order chi connectivity index (χ1) is 12.9. The SMILES string of the molecule is CCN(CC(CC)(CO)CCCc1ccccc1)c1nc(N)nc(C)c1C. The van der Waals surface area contributed by atoms with Crippen LogP contribution in [-0.4, -0.2) is 34.8 Å². The van der Waals surface area contributed by atoms with E-state index in [4.69, 9.17) is 5.73 Å². The number of hydrogen-bond acceptors (Lipinski definition) is 5. The summed E-state index contributed by atoms with van der Waals surface area (Å²) in [5.74, 6) is 1.19. The number of benzene rings is 1. The zero-order valence-corrected chi connectivity index (χ0v) is 17.2. The van der Waals surface area contributed by atoms with Crippen LogP contribution >= 0.6 is 0 Å². The molecule has 3 N–H and O–H groups in total. The van der Waals surface area contributed by atoms with Gasteiger partial charge >= 0.3 is 0 Å². The van der Waals surface area contributed by atoms with E-state index in [2.05, 4.69) is 53.0 Å². The number of nitrogens with zero attached hydrogens (tertiary/aromatic N) is 3. The van der Waals surface area contributed by atoms with Crippen molar-refractivity contribution in [3.63, 3.8) is 0 Å². The Balaban J connectivity index is 2.14. The van der Waals surface area contributed by atoms with Crippen LogP contribution in [0, 0.1) is 19.3 Å². The van der Waals surface area contributed by atoms with E-state index in [9.17, 15) is 5.11 Å². The van der Waals surface area contributed by atoms with Crippen LogP contribution in [0.15, 0.2) is 30.3 Å². The molecule has 148 valence electrons. The third-order valence-electron chi connectivity index (χ3n) is 5.69. The van der Waals surface area contributed by atoms with Crippen molar-refractivity contribution in [1.82, 2.24) is 9.97 Å². The summed E-state index contributed by atoms with van der Waals surface area (Å²) in [6.07, 6.45) is 3.99. The van der Waals surface area contributed by atoms with Crippen LogP contribution in [0.5, 0.6) is 0 Å². The Morgan fingerprint density at radius 1 is 1.11 bits per heavy atom. The predicted octanol–water partition coefficient (Wildman–Crippen LogP) is 3.91. The molecule has 5 heteroatoms. The van der Waals surface area contributed by atoms with Gasteiger partial charge in [-0.15, -0.1) is 0 Å². The number of aliphatic hydroxyl groups excluding tert-OH is 1. The van der Waals surface area contributed by atoms with Crippen LogP contribution in [0.4, 0.5) is 11.8 Å². The Bertz CT molecular complexity index is 714. The Kier molecular flexibility index (Phi) is 7.60. The molecule has 1 aromatic heterocycles. The van der Waals surface area contributed by atoms with E-state index < -0.39 is 0 Å². The minimum atomic E-state index is -0.148. The lowest BCUT2D eigenvalue weighted by molar-refractivity contribution is 0.113. The number of aromatic nitrogens is 2. The maximum Gasteiger partial charge on any atom is 0.222 e. The number of anilines is 2. The van der Waals surface area contributed by atoms with Crippen molar-refractivity contribution < 1.29 is 5.11 Å². The second-order valence-corrected chi connectivity index (χ2v) is 7.48. The molecule has 0 aliphatic heterocycles. The lowest BCUT2D eigenvalue weighted by atomic mass is 9.80. The van der Waals surface area contributed by atoms with Gasteiger partial charge < -0.3 is 15.7 Å². The summed E-state index contributed by atoms with van der Waals surface area (Å²) < 4.78 is 0. The first-order valence-electron chi connectivity index (χ1n) is 9.95. The molecule has 2 aromatic rings. The lowest BCUT2D eigenvalue weighted by Gasteiger charge is -2.37. The summed E-state index contributed by atoms with van der Waals surface area (Å²) in [4.78, 5) is 11.0. The fourth-order valence-corrected chi connectivity index (χ4v) is 3.60. The van der Waals surface area contributed by atoms with Gasteiger partial charge in [-0.3, -0.25) is 0 Å². The fourth-order valence-electron chi connectivity index (χ4n) is 3.60. The number of aryl methyl sites for hydroxylation is 2. The molecule has 0 spiro atoms. The predicted molar refractivity (Wildman–Crippen MR) is 113 cm³/mol. The monoisotopic (exact) mass is 370 g/mol. The number of rotatable bonds is 10. The van der Waals surface area contributed by atoms with E-state index in [-0.39, 0.29) is 12.0 Å². The lowest BCUT2D eigenvalue weighted by Crippen LogP contribution is -2.41. The van der Waals surface area contributed by atoms with Gasteiger partial charge in [0.05, 0.1) is 6.61 Å². The van der Waals surface area contributed by atoms with E-state index >= 15 is 0 Å². The van der Waals surface area contributed by atoms with Crippen molar-refractivity contribution in [3.05, 3.63) is 47.2 Å². The number of aliphatic hydroxyl groups is 1. The minimum Gasteiger partial charge on any atom is -0.396 e. The first kappa shape index (κ1) is 21.2. The molecule has 0 saturated carbocycles. The topological polar surface area (TPSA) is 75.3 Å². The van der Waals surface area contributed by atoms with Crippen LogP contribution in [0.1, 0.15) is 49.9 Å². The zero-order chi connectivity index (χ0) is 19.9. The standard InChI is InChI=1S/C22H34N4O/c1-5-22(16-27,14-10-13-19-11-8-7-9-12-19)15-26(6-2)20-17(3)18(4)24-21(23)25-20/h7-9,11-12,27H,5-6,10,13-16H2,1-4H3,(H2,23,24,25). The molecule has 2 rings (SSSR count). The molecule has 0 aliphatic rings. The molecule has 0 radical (unpaired) electrons. The van der Waals surface area contributed by atoms with Gasteiger partial charge in [-0.1, -0.05) is 37.3 Å². The summed E-state index contributed by atoms with van der Waals surface area (Å²) in [5, 5.41) is 10.3. The zero-order valence-electron chi connectivity index (χ0n) is 17.2. The molecule has 0 amide bonds. The molecule has 5 nitrogen and oxygen atoms in total. The smallest absolute Gasteiger partial charge is 0.222 e. The summed E-state index contributed by atoms with van der Waals surface area (Å²) in [5.41, 5.74) is 9.06. The average molecular weight is 371 g/mol. The van der Waals surface area contributed by atoms with Gasteiger partial charge in [0.15, 0.2) is 0 Å². The summed E-state index contributed by atoms with van der Waals surface area (Å²) in [6, 6.07) is 10.5. The molecule has 0 fully saturated rings. The van der Waals surface area contributed by atoms with E-state index in [1.165, 1.54) is 5.56 Å². The van der Waals surface area contributed by atoms with Crippen LogP contribution in [-0.2, 0) is 6.42 Å². The van der Waals surface area contributed by atoms with Gasteiger partial charge in [-0.25, -0.2) is 4.98 Å². The normalized spacial score (nSPS) is 13.4. The van der Waals surface area contributed by atoms with Gasteiger partial charge in [0, 0.05) is 29.8 Å². The van der Waals surface area contributed by atoms with Crippen molar-refractivity contribution in [3.8, 4) is 0 Å². The number of hydrogen-bond donors (Lipinski definition) is 2. The maximum absolute atomic E-state index is 10.3. The van der Waals surface area contributed by atoms with Gasteiger partial charge in [0.2, 0.25) is 5.95 Å². The average Bonchev–Trinajstić information content (AvgIpc) is 2.68. The van der Waals surface area contributed by atoms with Crippen molar-refractivity contribution in [2.24, 2.45) is 5.41 Å². The van der Waals surface area contributed by atoms with Crippen molar-refractivity contribution in [2.75, 3.05) is 30.3 Å². The van der Waals surface area contributed by atoms with Gasteiger partial charge in [-0.05, 0) is 52.0 Å². The second-order valence-electron chi connectivity index (χ2n) is 7.48. The molecule has 0 aliphatic carbocycles. The van der Waals surface area contributed by atoms with Crippen LogP contribution in [0.25, 0.3) is 0 Å². The van der Waals surface area contributed by atoms with Crippen molar-refractivity contribution >= 4 is 11.8 Å². The highest BCUT2D eigenvalue weighted by Crippen LogP contribution is 2.32. The quantitative estimate of drug-likeness (QED) is 0.663. The third kappa shape index (κ3) is 5.42. The van der Waals surface area contributed by atoms with Gasteiger partial charge in [0.1, 0.15) is 5.82 Å². The first-order valence-corrected chi connectivity index (χ1v) is 9.95. The summed E-state index contributed by atoms with van der Waals surface area (Å²) in [7, 11) is 0. The second kappa shape index (κ2) is 9.70. The van der Waals surface area contributed by atoms with Crippen molar-refractivity contribution in [1.29, 1.82) is 0 Å². The van der Waals surface area contributed by atoms with E-state index in [0.29, 0.717) is 5.95 Å². The van der Waals surface area contributed by atoms with E-state index in [0.717, 1.165) is 55.8 Å². The Morgan fingerprint density at radius 3 is 2.41 bits per heavy atom. The van der Waals surface area contributed by atoms with E-state index in [1.54, 1.807) is 0 Å². The number of nitrogens with two attached hydrogens (primary N) is 1. The van der Waals surface area contributed by atoms with Gasteiger partial charge in [0.25, 0.3) is 0 Å². The molecule has 1 atom stereocenters. The largest absolute Gasteiger partial charge is 0.396 e. The van der Waals surface area contributed by atoms with Crippen LogP contribution in [0.2, 0.25) is 0 Å². The highest BCUT2D eigenvalue weighted by molar-refractivity contribution is 5.51. The minimum absolute atomic E-state index is 0.148. The highest BCUT2D eigenvalue weighted by atomic mass is 16.3. The molecule has 1 unspecified atom stereocenters. The molecular weight excluding hydrogens is 336 g/mol. The molecule has 0 saturated heterocycles. The Hall–Kier alpha value is -2.14. The third-order valence-corrected chi connectivity index (χ3v) is 5.69. The molecule has 27 heavy (non-hydrogen) atoms. The summed E-state index contributed by atoms with van der Waals surface area (Å²) >= 11 is 0. The highest BCUT2D eigenvalue weighted by Gasteiger charge is 2.30. The van der Waals surface area contributed by atoms with Crippen LogP contribution in [0.3, 0.4) is 0 Å². The molecule has 1 aromatic carbocycles. The van der Waals surface area contributed by atoms with E-state index in [1.807, 2.05) is 19.9 Å². The Morgan fingerprint density at radius 2 is 1.81 bits per heavy atom. The Labute approximate surface area is 163 Å². The number of nitrogen functional groups attached to an aromatic ring is 1. The molecule has 1 heterocycles. The fraction of sp³-hybridized carbons (Fsp3) is 0.545. The summed E-state index contributed by atoms with van der Waals surface area (Å²) in [6.45, 7) is 10.0. The molecule has 0 bridgehead atoms.